The Morgan fingerprint density at radius 2 is 1.00 bits per heavy atom. The van der Waals surface area contributed by atoms with E-state index < -0.39 is 41.4 Å². The van der Waals surface area contributed by atoms with Crippen LogP contribution >= 0.6 is 0 Å². The third-order valence-electron chi connectivity index (χ3n) is 3.61. The molecule has 0 spiro atoms. The molecular weight excluding hydrogens is 427 g/mol. The van der Waals surface area contributed by atoms with E-state index in [4.69, 9.17) is 0 Å². The number of allylic oxidation sites excluding steroid dienone is 1. The molecule has 0 amide bonds. The molecule has 0 unspecified atom stereocenters. The number of hydrogen-bond acceptors (Lipinski definition) is 0. The molecule has 1 aromatic carbocycles. The highest BCUT2D eigenvalue weighted by Crippen LogP contribution is 2.61. The third kappa shape index (κ3) is 3.43. The quantitative estimate of drug-likeness (QED) is 0.429. The van der Waals surface area contributed by atoms with Gasteiger partial charge < -0.3 is 0 Å². The Hall–Kier alpha value is -1.95. The SMILES string of the molecule is CC(=Cc1ccccc1)C(F)(F)C(F)(F)C(F)(F)C(F)(F)C(F)(F)C(F)(F)F. The molecule has 0 N–H and O–H groups in total. The second kappa shape index (κ2) is 6.83. The molecule has 0 nitrogen and oxygen atoms in total. The van der Waals surface area contributed by atoms with Gasteiger partial charge in [-0.3, -0.25) is 0 Å². The molecule has 1 rings (SSSR count). The maximum atomic E-state index is 13.8. The summed E-state index contributed by atoms with van der Waals surface area (Å²) >= 11 is 0. The topological polar surface area (TPSA) is 0 Å². The number of rotatable bonds is 6. The lowest BCUT2D eigenvalue weighted by Gasteiger charge is -2.40. The summed E-state index contributed by atoms with van der Waals surface area (Å²) in [7, 11) is 0. The van der Waals surface area contributed by atoms with Crippen LogP contribution in [0, 0.1) is 0 Å². The monoisotopic (exact) mass is 436 g/mol. The molecule has 0 fully saturated rings. The fourth-order valence-corrected chi connectivity index (χ4v) is 1.91. The number of halogens is 13. The first-order valence-corrected chi connectivity index (χ1v) is 6.94. The number of benzene rings is 1. The van der Waals surface area contributed by atoms with Crippen LogP contribution in [0.25, 0.3) is 6.08 Å². The first-order valence-electron chi connectivity index (χ1n) is 6.94. The first kappa shape index (κ1) is 24.1. The van der Waals surface area contributed by atoms with E-state index in [1.165, 1.54) is 18.2 Å². The summed E-state index contributed by atoms with van der Waals surface area (Å²) in [4.78, 5) is 0. The Kier molecular flexibility index (Phi) is 5.88. The van der Waals surface area contributed by atoms with E-state index in [9.17, 15) is 57.1 Å². The zero-order valence-corrected chi connectivity index (χ0v) is 13.4. The van der Waals surface area contributed by atoms with Gasteiger partial charge >= 0.3 is 35.8 Å². The lowest BCUT2D eigenvalue weighted by molar-refractivity contribution is -0.436. The van der Waals surface area contributed by atoms with E-state index in [0.717, 1.165) is 12.1 Å². The predicted octanol–water partition coefficient (Wildman–Crippen LogP) is 6.83. The summed E-state index contributed by atoms with van der Waals surface area (Å²) in [5.41, 5.74) is -2.26. The average Bonchev–Trinajstić information content (AvgIpc) is 2.53. The summed E-state index contributed by atoms with van der Waals surface area (Å²) < 4.78 is 169. The van der Waals surface area contributed by atoms with Crippen molar-refractivity contribution in [3.63, 3.8) is 0 Å². The van der Waals surface area contributed by atoms with Crippen LogP contribution in [0.2, 0.25) is 0 Å². The fourth-order valence-electron chi connectivity index (χ4n) is 1.91. The molecule has 0 heterocycles. The summed E-state index contributed by atoms with van der Waals surface area (Å²) in [6.07, 6.45) is -7.26. The van der Waals surface area contributed by atoms with Crippen molar-refractivity contribution in [3.05, 3.63) is 41.5 Å². The summed E-state index contributed by atoms with van der Waals surface area (Å²) in [5, 5.41) is 0. The Labute approximate surface area is 148 Å². The van der Waals surface area contributed by atoms with Crippen molar-refractivity contribution in [3.8, 4) is 0 Å². The Bertz CT molecular complexity index is 713. The van der Waals surface area contributed by atoms with Crippen LogP contribution in [0.1, 0.15) is 12.5 Å². The van der Waals surface area contributed by atoms with Gasteiger partial charge in [-0.15, -0.1) is 0 Å². The lowest BCUT2D eigenvalue weighted by Crippen LogP contribution is -2.70. The summed E-state index contributed by atoms with van der Waals surface area (Å²) in [6, 6.07) is 5.77. The Morgan fingerprint density at radius 1 is 0.607 bits per heavy atom. The second-order valence-electron chi connectivity index (χ2n) is 5.61. The largest absolute Gasteiger partial charge is 0.460 e. The molecule has 0 aliphatic rings. The van der Waals surface area contributed by atoms with Crippen molar-refractivity contribution in [2.75, 3.05) is 0 Å². The molecule has 0 bridgehead atoms. The zero-order chi connectivity index (χ0) is 22.4. The fraction of sp³-hybridized carbons (Fsp3) is 0.467. The maximum Gasteiger partial charge on any atom is 0.460 e. The van der Waals surface area contributed by atoms with E-state index in [1.54, 1.807) is 0 Å². The molecule has 0 aliphatic heterocycles. The van der Waals surface area contributed by atoms with Crippen LogP contribution in [-0.2, 0) is 0 Å². The van der Waals surface area contributed by atoms with E-state index >= 15 is 0 Å². The molecule has 0 radical (unpaired) electrons. The van der Waals surface area contributed by atoms with Gasteiger partial charge in [0.1, 0.15) is 0 Å². The number of alkyl halides is 13. The van der Waals surface area contributed by atoms with Crippen LogP contribution in [0.4, 0.5) is 57.1 Å². The van der Waals surface area contributed by atoms with Crippen LogP contribution in [0.5, 0.6) is 0 Å². The molecule has 28 heavy (non-hydrogen) atoms. The normalized spacial score (nSPS) is 15.7. The van der Waals surface area contributed by atoms with E-state index in [1.807, 2.05) is 0 Å². The number of hydrogen-bond donors (Lipinski definition) is 0. The smallest absolute Gasteiger partial charge is 0.194 e. The highest BCUT2D eigenvalue weighted by atomic mass is 19.4. The van der Waals surface area contributed by atoms with Crippen molar-refractivity contribution in [2.24, 2.45) is 0 Å². The van der Waals surface area contributed by atoms with Crippen LogP contribution in [0.3, 0.4) is 0 Å². The molecule has 0 saturated carbocycles. The van der Waals surface area contributed by atoms with Gasteiger partial charge in [0.25, 0.3) is 0 Å². The molecule has 0 aromatic heterocycles. The molecule has 0 atom stereocenters. The second-order valence-corrected chi connectivity index (χ2v) is 5.61. The summed E-state index contributed by atoms with van der Waals surface area (Å²) in [5.74, 6) is -36.9. The summed E-state index contributed by atoms with van der Waals surface area (Å²) in [6.45, 7) is 0.0943. The van der Waals surface area contributed by atoms with Gasteiger partial charge in [-0.1, -0.05) is 30.3 Å². The minimum absolute atomic E-state index is 0.0943. The molecule has 160 valence electrons. The van der Waals surface area contributed by atoms with Gasteiger partial charge in [-0.25, -0.2) is 0 Å². The van der Waals surface area contributed by atoms with Crippen molar-refractivity contribution in [1.29, 1.82) is 0 Å². The van der Waals surface area contributed by atoms with Crippen LogP contribution < -0.4 is 0 Å². The highest BCUT2D eigenvalue weighted by Gasteiger charge is 2.90. The van der Waals surface area contributed by atoms with Gasteiger partial charge in [0.05, 0.1) is 0 Å². The van der Waals surface area contributed by atoms with Gasteiger partial charge in [0.15, 0.2) is 0 Å². The van der Waals surface area contributed by atoms with Crippen molar-refractivity contribution in [1.82, 2.24) is 0 Å². The van der Waals surface area contributed by atoms with Crippen molar-refractivity contribution < 1.29 is 57.1 Å². The molecule has 1 aromatic rings. The molecule has 13 heteroatoms. The molecule has 0 saturated heterocycles. The maximum absolute atomic E-state index is 13.8. The van der Waals surface area contributed by atoms with E-state index in [-0.39, 0.29) is 18.6 Å². The standard InChI is InChI=1S/C15H9F13/c1-8(7-9-5-3-2-4-6-9)10(16,17)11(18,19)12(20,21)13(22,23)14(24,25)15(26,27)28/h2-7H,1H3. The zero-order valence-electron chi connectivity index (χ0n) is 13.4. The van der Waals surface area contributed by atoms with Gasteiger partial charge in [-0.2, -0.15) is 57.1 Å². The highest BCUT2D eigenvalue weighted by molar-refractivity contribution is 5.54. The lowest BCUT2D eigenvalue weighted by atomic mass is 9.90. The molecule has 0 aliphatic carbocycles. The minimum Gasteiger partial charge on any atom is -0.194 e. The van der Waals surface area contributed by atoms with Crippen LogP contribution in [-0.4, -0.2) is 35.8 Å². The van der Waals surface area contributed by atoms with E-state index in [0.29, 0.717) is 0 Å². The Morgan fingerprint density at radius 3 is 1.39 bits per heavy atom. The third-order valence-corrected chi connectivity index (χ3v) is 3.61. The Balaban J connectivity index is 3.51. The van der Waals surface area contributed by atoms with E-state index in [2.05, 4.69) is 0 Å². The van der Waals surface area contributed by atoms with Gasteiger partial charge in [-0.05, 0) is 18.6 Å². The predicted molar refractivity (Wildman–Crippen MR) is 70.9 cm³/mol. The average molecular weight is 436 g/mol. The van der Waals surface area contributed by atoms with Gasteiger partial charge in [0, 0.05) is 5.57 Å². The minimum atomic E-state index is -7.89. The van der Waals surface area contributed by atoms with Crippen LogP contribution in [0.15, 0.2) is 35.9 Å². The van der Waals surface area contributed by atoms with Crippen molar-refractivity contribution in [2.45, 2.75) is 42.7 Å². The van der Waals surface area contributed by atoms with Crippen molar-refractivity contribution >= 4 is 6.08 Å². The molecular formula is C15H9F13. The van der Waals surface area contributed by atoms with Gasteiger partial charge in [0.2, 0.25) is 0 Å². The first-order chi connectivity index (χ1) is 12.2.